The number of rotatable bonds is 33. The maximum atomic E-state index is 11.2. The van der Waals surface area contributed by atoms with Crippen molar-refractivity contribution in [2.75, 3.05) is 92.5 Å². The first-order chi connectivity index (χ1) is 68.6. The zero-order valence-corrected chi connectivity index (χ0v) is 91.0. The summed E-state index contributed by atoms with van der Waals surface area (Å²) in [5.74, 6) is -0.360. The molecule has 0 aromatic heterocycles. The van der Waals surface area contributed by atoms with Crippen LogP contribution in [0.15, 0.2) is 0 Å². The van der Waals surface area contributed by atoms with Gasteiger partial charge >= 0.3 is 0 Å². The van der Waals surface area contributed by atoms with E-state index in [2.05, 4.69) is 109 Å². The molecule has 9 aliphatic heterocycles. The molecule has 1 amide bonds. The van der Waals surface area contributed by atoms with Gasteiger partial charge in [0.25, 0.3) is 0 Å². The highest BCUT2D eigenvalue weighted by molar-refractivity contribution is 5.73. The van der Waals surface area contributed by atoms with Gasteiger partial charge in [0.1, 0.15) is 207 Å². The number of hydrogen-bond acceptors (Lipinski definition) is 50. The van der Waals surface area contributed by atoms with Crippen LogP contribution >= 0.6 is 0 Å². The third-order valence-electron chi connectivity index (χ3n) is 25.4. The Hall–Kier alpha value is -2.49. The highest BCUT2D eigenvalue weighted by Gasteiger charge is 2.55. The highest BCUT2D eigenvalue weighted by atomic mass is 16.8. The van der Waals surface area contributed by atoms with Crippen molar-refractivity contribution < 1.29 is 248 Å². The number of ether oxygens (including phenoxy) is 18. The van der Waals surface area contributed by atoms with Crippen molar-refractivity contribution in [1.29, 1.82) is 0 Å². The van der Waals surface area contributed by atoms with Gasteiger partial charge in [-0.3, -0.25) is 4.79 Å². The van der Waals surface area contributed by atoms with Gasteiger partial charge in [-0.1, -0.05) is 145 Å². The molecule has 0 radical (unpaired) electrons. The minimum absolute atomic E-state index is 0.0105. The smallest absolute Gasteiger partial charge is 0.217 e. The lowest BCUT2D eigenvalue weighted by molar-refractivity contribution is -0.360. The second kappa shape index (κ2) is 64.2. The van der Waals surface area contributed by atoms with Crippen LogP contribution in [0.5, 0.6) is 0 Å². The summed E-state index contributed by atoms with van der Waals surface area (Å²) in [5, 5.41) is 304. The first-order valence-electron chi connectivity index (χ1n) is 51.0. The summed E-state index contributed by atoms with van der Waals surface area (Å²) in [6, 6.07) is -0.875. The van der Waals surface area contributed by atoms with Crippen LogP contribution < -0.4 is 5.32 Å². The first-order valence-corrected chi connectivity index (χ1v) is 51.0. The average molecular weight is 2180 g/mol. The third-order valence-corrected chi connectivity index (χ3v) is 25.4. The Morgan fingerprint density at radius 3 is 0.638 bits per heavy atom. The fourth-order valence-electron chi connectivity index (χ4n) is 15.0. The van der Waals surface area contributed by atoms with Crippen molar-refractivity contribution in [1.82, 2.24) is 5.32 Å². The molecule has 149 heavy (non-hydrogen) atoms. The molecule has 0 saturated carbocycles. The number of carbonyl (C=O) groups is 1. The van der Waals surface area contributed by atoms with E-state index in [-0.39, 0.29) is 63.6 Å². The normalized spacial score (nSPS) is 40.0. The molecule has 9 rings (SSSR count). The van der Waals surface area contributed by atoms with Crippen LogP contribution in [-0.4, -0.2) is 533 Å². The summed E-state index contributed by atoms with van der Waals surface area (Å²) in [5.41, 5.74) is 0.507. The van der Waals surface area contributed by atoms with Crippen molar-refractivity contribution in [3.05, 3.63) is 0 Å². The SMILES string of the molecule is CC(=O)N[C@H]1[C@H](OCCC(C)(C)C)O[C@H](CO)[C@@H](O)[C@@H]1O.CC(C)(C)CCO[C@H]1O[C@H](CO)[C@@H](O)[C@H](O)[C@@H]1O.CC(C)(C)CCO[C@H]1O[C@H](CO)[C@@H](O)[C@H](O)[C@H]1O.CC(C)(C)CCO[C@H]1O[C@H](CO)[C@@H](O)[C@H](O[C@H]2O[C@H](CO)[C@@H](O)[C@H](O)[C@@H]2O)[C@@H]1O.CC(C)(C)CCO[C@H]1O[C@H](CO[C@H]2O[C@H](CO)[C@@H](O)[C@H](O)[C@@H]2O)[C@@H](O)[C@H](O)[C@@H]1O.C[C@@H]1O[C@@H](OCCC(C)(C)C)[C@@H](O)[C@H](O)[C@@H]1O.C[C@@H]1O[C@H](OCCC(C)(C)C)[C@@H](O)[C@H](O)[C@@H]1O. The van der Waals surface area contributed by atoms with Gasteiger partial charge in [-0.2, -0.15) is 0 Å². The summed E-state index contributed by atoms with van der Waals surface area (Å²) in [6.45, 7) is 46.8. The van der Waals surface area contributed by atoms with Crippen LogP contribution in [0.1, 0.15) is 211 Å². The Balaban J connectivity index is 0.000000452. The van der Waals surface area contributed by atoms with Crippen molar-refractivity contribution >= 4 is 5.91 Å². The van der Waals surface area contributed by atoms with E-state index in [9.17, 15) is 153 Å². The Kier molecular flexibility index (Phi) is 60.6. The summed E-state index contributed by atoms with van der Waals surface area (Å²) in [7, 11) is 0. The van der Waals surface area contributed by atoms with E-state index >= 15 is 0 Å². The molecular weight excluding hydrogens is 1990 g/mol. The van der Waals surface area contributed by atoms with Crippen molar-refractivity contribution in [3.8, 4) is 0 Å². The Labute approximate surface area is 873 Å². The zero-order chi connectivity index (χ0) is 114. The number of carbonyl (C=O) groups excluding carboxylic acids is 1. The summed E-state index contributed by atoms with van der Waals surface area (Å²) in [6.07, 6.45) is -49.5. The second-order valence-electron chi connectivity index (χ2n) is 47.5. The van der Waals surface area contributed by atoms with Gasteiger partial charge in [0, 0.05) is 6.92 Å². The van der Waals surface area contributed by atoms with E-state index < -0.39 is 316 Å². The van der Waals surface area contributed by atoms with E-state index in [1.54, 1.807) is 13.8 Å². The lowest BCUT2D eigenvalue weighted by Crippen LogP contribution is -2.64. The number of amides is 1. The van der Waals surface area contributed by atoms with Gasteiger partial charge in [0.2, 0.25) is 5.91 Å². The van der Waals surface area contributed by atoms with E-state index in [0.29, 0.717) is 45.9 Å². The largest absolute Gasteiger partial charge is 0.394 e. The van der Waals surface area contributed by atoms with Gasteiger partial charge in [0.05, 0.1) is 105 Å². The highest BCUT2D eigenvalue weighted by Crippen LogP contribution is 2.37. The minimum atomic E-state index is -1.71. The van der Waals surface area contributed by atoms with Gasteiger partial charge < -0.3 is 249 Å². The third kappa shape index (κ3) is 47.4. The molecule has 0 unspecified atom stereocenters. The Morgan fingerprint density at radius 2 is 0.396 bits per heavy atom. The van der Waals surface area contributed by atoms with E-state index in [1.165, 1.54) is 6.92 Å². The van der Waals surface area contributed by atoms with Crippen molar-refractivity contribution in [2.45, 2.75) is 487 Å². The number of hydrogen-bond donors (Lipinski definition) is 32. The fourth-order valence-corrected chi connectivity index (χ4v) is 15.0. The predicted molar refractivity (Wildman–Crippen MR) is 521 cm³/mol. The molecule has 9 heterocycles. The molecule has 51 nitrogen and oxygen atoms in total. The molecule has 9 aliphatic rings. The summed E-state index contributed by atoms with van der Waals surface area (Å²) < 4.78 is 97.0. The lowest BCUT2D eigenvalue weighted by Gasteiger charge is -2.46. The average Bonchev–Trinajstić information content (AvgIpc) is 0.793. The maximum absolute atomic E-state index is 11.2. The number of aliphatic hydroxyl groups excluding tert-OH is 31. The molecule has 9 saturated heterocycles. The first kappa shape index (κ1) is 141. The van der Waals surface area contributed by atoms with Crippen LogP contribution in [0.4, 0.5) is 0 Å². The lowest BCUT2D eigenvalue weighted by atomic mass is 9.93. The molecule has 0 spiro atoms. The Morgan fingerprint density at radius 1 is 0.215 bits per heavy atom. The molecule has 32 N–H and O–H groups in total. The number of aliphatic hydroxyl groups is 31. The fraction of sp³-hybridized carbons (Fsp3) is 0.990. The standard InChI is InChI=1S/2C18H34O11.C14H27NO6.2C12H24O6.2C12H24O5/c1-18(2,3)4-5-26-16-14(25)15(11(22)9(7-20)27-16)29-17-13(24)12(23)10(21)8(6-19)28-17;1-18(2,3)4-5-26-16-14(24)13(23)11(21)9(29-16)7-27-17-15(25)12(22)10(20)8(6-19)28-17;1-8(17)15-10-12(19)11(18)9(7-16)21-13(10)20-6-5-14(2,3)4;2*1-12(2,3)4-5-17-11-10(16)9(15)8(14)7(6-13)18-11;2*1-7-8(13)9(14)10(15)11(17-7)16-6-5-12(2,3)4/h2*8-17,19-25H,4-7H2,1-3H3;9-13,16,18-19H,5-7H2,1-4H3,(H,15,17);2*7-11,13-16H,4-6H2,1-3H3;2*7-11,13-15H,5-6H2,1-4H3/t8-,9-,10-,11-,12+,13+,14+,15+,16+,17-;8-,9-,10-,11-,12+,13+,14+,15+,16+,17+;9-,10-,11-,12-,13-;7-,8-,9+,10+,11+;7-,8-,9+,10-,11+;7-,8+,9+,10-,11+;7-,8+,9+,10-,11-/m1111100/s1. The zero-order valence-electron chi connectivity index (χ0n) is 91.0. The molecule has 0 aromatic rings. The van der Waals surface area contributed by atoms with Crippen LogP contribution in [0.2, 0.25) is 0 Å². The molecule has 45 atom stereocenters. The molecule has 9 fully saturated rings. The van der Waals surface area contributed by atoms with Crippen LogP contribution in [0, 0.1) is 37.9 Å². The Bertz CT molecular complexity index is 3440. The van der Waals surface area contributed by atoms with E-state index in [0.717, 1.165) is 32.1 Å². The van der Waals surface area contributed by atoms with E-state index in [1.807, 2.05) is 41.5 Å². The van der Waals surface area contributed by atoms with Crippen molar-refractivity contribution in [3.63, 3.8) is 0 Å². The van der Waals surface area contributed by atoms with Gasteiger partial charge in [-0.15, -0.1) is 0 Å². The van der Waals surface area contributed by atoms with Crippen LogP contribution in [0.3, 0.4) is 0 Å². The maximum Gasteiger partial charge on any atom is 0.217 e. The quantitative estimate of drug-likeness (QED) is 0.0290. The van der Waals surface area contributed by atoms with Crippen molar-refractivity contribution in [2.24, 2.45) is 37.9 Å². The molecule has 0 aromatic carbocycles. The summed E-state index contributed by atoms with van der Waals surface area (Å²) >= 11 is 0. The summed E-state index contributed by atoms with van der Waals surface area (Å²) in [4.78, 5) is 11.2. The van der Waals surface area contributed by atoms with E-state index in [4.69, 9.17) is 95.5 Å². The second-order valence-corrected chi connectivity index (χ2v) is 47.5. The molecule has 0 bridgehead atoms. The van der Waals surface area contributed by atoms with Gasteiger partial charge in [-0.25, -0.2) is 0 Å². The minimum Gasteiger partial charge on any atom is -0.394 e. The predicted octanol–water partition coefficient (Wildman–Crippen LogP) is -7.48. The molecular formula is C98H191NO50. The number of nitrogens with one attached hydrogen (secondary N) is 1. The van der Waals surface area contributed by atoms with Gasteiger partial charge in [-0.05, 0) is 96.7 Å². The molecule has 0 aliphatic carbocycles. The molecule has 888 valence electrons. The monoisotopic (exact) mass is 2180 g/mol. The van der Waals surface area contributed by atoms with Crippen LogP contribution in [0.25, 0.3) is 0 Å². The topological polar surface area (TPSA) is 822 Å². The molecule has 51 heteroatoms. The van der Waals surface area contributed by atoms with Gasteiger partial charge in [0.15, 0.2) is 56.6 Å². The van der Waals surface area contributed by atoms with Crippen LogP contribution in [-0.2, 0) is 90.1 Å².